The first-order chi connectivity index (χ1) is 11.6. The Morgan fingerprint density at radius 3 is 2.62 bits per heavy atom. The molecule has 132 valence electrons. The standard InChI is InChI=1S/C19H27BrN2O2/c1-15-3-2-4-17(13-15)21-9-11-22(12-10-21)19(23)14-24-18-7-5-16(20)6-8-18/h5-8,15,17H,2-4,9-14H2,1H3/p+1/t15-,17+/m1/s1. The number of benzene rings is 1. The van der Waals surface area contributed by atoms with Crippen molar-refractivity contribution in [2.45, 2.75) is 38.6 Å². The molecule has 0 spiro atoms. The number of nitrogens with zero attached hydrogens (tertiary/aromatic N) is 1. The summed E-state index contributed by atoms with van der Waals surface area (Å²) in [5.74, 6) is 1.72. The largest absolute Gasteiger partial charge is 0.484 e. The van der Waals surface area contributed by atoms with E-state index in [0.29, 0.717) is 0 Å². The molecule has 1 aromatic carbocycles. The van der Waals surface area contributed by atoms with Gasteiger partial charge in [0.05, 0.1) is 32.2 Å². The highest BCUT2D eigenvalue weighted by Crippen LogP contribution is 2.22. The Balaban J connectivity index is 1.42. The molecule has 4 nitrogen and oxygen atoms in total. The molecule has 1 saturated carbocycles. The van der Waals surface area contributed by atoms with Crippen molar-refractivity contribution in [3.63, 3.8) is 0 Å². The van der Waals surface area contributed by atoms with Crippen LogP contribution in [-0.4, -0.2) is 49.6 Å². The topological polar surface area (TPSA) is 34.0 Å². The summed E-state index contributed by atoms with van der Waals surface area (Å²) in [6.07, 6.45) is 5.48. The van der Waals surface area contributed by atoms with E-state index >= 15 is 0 Å². The molecule has 3 rings (SSSR count). The predicted octanol–water partition coefficient (Wildman–Crippen LogP) is 2.13. The van der Waals surface area contributed by atoms with E-state index in [2.05, 4.69) is 22.9 Å². The van der Waals surface area contributed by atoms with Crippen LogP contribution in [0.2, 0.25) is 0 Å². The Morgan fingerprint density at radius 1 is 1.25 bits per heavy atom. The minimum Gasteiger partial charge on any atom is -0.484 e. The van der Waals surface area contributed by atoms with Gasteiger partial charge in [-0.25, -0.2) is 0 Å². The summed E-state index contributed by atoms with van der Waals surface area (Å²) >= 11 is 3.40. The number of hydrogen-bond donors (Lipinski definition) is 1. The molecule has 24 heavy (non-hydrogen) atoms. The van der Waals surface area contributed by atoms with Crippen molar-refractivity contribution >= 4 is 21.8 Å². The number of hydrogen-bond acceptors (Lipinski definition) is 2. The van der Waals surface area contributed by atoms with Gasteiger partial charge in [0, 0.05) is 10.9 Å². The molecule has 2 atom stereocenters. The number of amides is 1. The zero-order valence-corrected chi connectivity index (χ0v) is 16.1. The van der Waals surface area contributed by atoms with Gasteiger partial charge in [-0.05, 0) is 43.0 Å². The second-order valence-electron chi connectivity index (χ2n) is 7.25. The molecule has 2 fully saturated rings. The third-order valence-electron chi connectivity index (χ3n) is 5.45. The normalized spacial score (nSPS) is 25.5. The summed E-state index contributed by atoms with van der Waals surface area (Å²) in [5.41, 5.74) is 0. The van der Waals surface area contributed by atoms with E-state index in [1.54, 1.807) is 4.90 Å². The highest BCUT2D eigenvalue weighted by atomic mass is 79.9. The first kappa shape index (κ1) is 17.7. The molecule has 1 aromatic rings. The molecule has 5 heteroatoms. The minimum absolute atomic E-state index is 0.106. The van der Waals surface area contributed by atoms with Crippen LogP contribution in [0.4, 0.5) is 0 Å². The number of piperazine rings is 1. The van der Waals surface area contributed by atoms with Crippen molar-refractivity contribution in [1.29, 1.82) is 0 Å². The average molecular weight is 396 g/mol. The molecule has 1 aliphatic heterocycles. The lowest BCUT2D eigenvalue weighted by Gasteiger charge is -2.39. The molecule has 1 amide bonds. The summed E-state index contributed by atoms with van der Waals surface area (Å²) in [5, 5.41) is 0. The van der Waals surface area contributed by atoms with Crippen LogP contribution < -0.4 is 9.64 Å². The van der Waals surface area contributed by atoms with Gasteiger partial charge in [-0.1, -0.05) is 29.3 Å². The van der Waals surface area contributed by atoms with Crippen LogP contribution in [0, 0.1) is 5.92 Å². The lowest BCUT2D eigenvalue weighted by molar-refractivity contribution is -0.930. The van der Waals surface area contributed by atoms with Crippen molar-refractivity contribution in [3.05, 3.63) is 28.7 Å². The molecule has 1 heterocycles. The van der Waals surface area contributed by atoms with Gasteiger partial charge < -0.3 is 14.5 Å². The number of carbonyl (C=O) groups is 1. The molecule has 0 aromatic heterocycles. The molecular formula is C19H28BrN2O2+. The Kier molecular flexibility index (Phi) is 6.17. The number of quaternary nitrogens is 1. The van der Waals surface area contributed by atoms with Gasteiger partial charge in [-0.15, -0.1) is 0 Å². The van der Waals surface area contributed by atoms with E-state index in [0.717, 1.165) is 48.4 Å². The number of ether oxygens (including phenoxy) is 1. The molecule has 1 aliphatic carbocycles. The van der Waals surface area contributed by atoms with E-state index in [1.807, 2.05) is 29.2 Å². The second-order valence-corrected chi connectivity index (χ2v) is 8.17. The Labute approximate surface area is 153 Å². The first-order valence-electron chi connectivity index (χ1n) is 9.12. The molecule has 1 saturated heterocycles. The van der Waals surface area contributed by atoms with Crippen molar-refractivity contribution in [1.82, 2.24) is 4.90 Å². The Hall–Kier alpha value is -1.07. The van der Waals surface area contributed by atoms with Crippen molar-refractivity contribution < 1.29 is 14.4 Å². The highest BCUT2D eigenvalue weighted by Gasteiger charge is 2.31. The minimum atomic E-state index is 0.106. The summed E-state index contributed by atoms with van der Waals surface area (Å²) in [4.78, 5) is 16.0. The third kappa shape index (κ3) is 4.73. The van der Waals surface area contributed by atoms with Crippen LogP contribution in [-0.2, 0) is 4.79 Å². The molecule has 2 aliphatic rings. The summed E-state index contributed by atoms with van der Waals surface area (Å²) < 4.78 is 6.63. The van der Waals surface area contributed by atoms with Gasteiger partial charge in [0.2, 0.25) is 0 Å². The second kappa shape index (κ2) is 8.34. The van der Waals surface area contributed by atoms with Gasteiger partial charge >= 0.3 is 0 Å². The molecular weight excluding hydrogens is 368 g/mol. The lowest BCUT2D eigenvalue weighted by Crippen LogP contribution is -3.18. The summed E-state index contributed by atoms with van der Waals surface area (Å²) in [7, 11) is 0. The van der Waals surface area contributed by atoms with Gasteiger partial charge in [-0.3, -0.25) is 4.79 Å². The quantitative estimate of drug-likeness (QED) is 0.846. The van der Waals surface area contributed by atoms with Crippen LogP contribution in [0.25, 0.3) is 0 Å². The van der Waals surface area contributed by atoms with Crippen molar-refractivity contribution in [3.8, 4) is 5.75 Å². The van der Waals surface area contributed by atoms with Crippen LogP contribution >= 0.6 is 15.9 Å². The van der Waals surface area contributed by atoms with Crippen LogP contribution in [0.15, 0.2) is 28.7 Å². The zero-order chi connectivity index (χ0) is 16.9. The number of halogens is 1. The fourth-order valence-electron chi connectivity index (χ4n) is 4.02. The summed E-state index contributed by atoms with van der Waals surface area (Å²) in [6.45, 7) is 6.41. The maximum Gasteiger partial charge on any atom is 0.260 e. The first-order valence-corrected chi connectivity index (χ1v) is 9.92. The SMILES string of the molecule is C[C@@H]1CCC[C@H]([NH+]2CCN(C(=O)COc3ccc(Br)cc3)CC2)C1. The average Bonchev–Trinajstić information content (AvgIpc) is 2.61. The van der Waals surface area contributed by atoms with Gasteiger partial charge in [0.1, 0.15) is 5.75 Å². The van der Waals surface area contributed by atoms with E-state index in [1.165, 1.54) is 25.7 Å². The fourth-order valence-corrected chi connectivity index (χ4v) is 4.29. The summed E-state index contributed by atoms with van der Waals surface area (Å²) in [6, 6.07) is 8.41. The lowest BCUT2D eigenvalue weighted by atomic mass is 9.86. The van der Waals surface area contributed by atoms with Gasteiger partial charge in [-0.2, -0.15) is 0 Å². The zero-order valence-electron chi connectivity index (χ0n) is 14.5. The Morgan fingerprint density at radius 2 is 1.96 bits per heavy atom. The van der Waals surface area contributed by atoms with Crippen molar-refractivity contribution in [2.75, 3.05) is 32.8 Å². The molecule has 0 radical (unpaired) electrons. The van der Waals surface area contributed by atoms with Crippen LogP contribution in [0.1, 0.15) is 32.6 Å². The highest BCUT2D eigenvalue weighted by molar-refractivity contribution is 9.10. The van der Waals surface area contributed by atoms with E-state index < -0.39 is 0 Å². The molecule has 1 N–H and O–H groups in total. The number of rotatable bonds is 4. The third-order valence-corrected chi connectivity index (χ3v) is 5.98. The van der Waals surface area contributed by atoms with E-state index in [4.69, 9.17) is 4.74 Å². The smallest absolute Gasteiger partial charge is 0.260 e. The number of nitrogens with one attached hydrogen (secondary N) is 1. The maximum absolute atomic E-state index is 12.4. The molecule has 0 unspecified atom stereocenters. The number of carbonyl (C=O) groups excluding carboxylic acids is 1. The van der Waals surface area contributed by atoms with E-state index in [-0.39, 0.29) is 12.5 Å². The van der Waals surface area contributed by atoms with Gasteiger partial charge in [0.25, 0.3) is 5.91 Å². The Bertz CT molecular complexity index is 541. The van der Waals surface area contributed by atoms with Gasteiger partial charge in [0.15, 0.2) is 6.61 Å². The van der Waals surface area contributed by atoms with E-state index in [9.17, 15) is 4.79 Å². The monoisotopic (exact) mass is 395 g/mol. The van der Waals surface area contributed by atoms with Crippen molar-refractivity contribution in [2.24, 2.45) is 5.92 Å². The molecule has 0 bridgehead atoms. The predicted molar refractivity (Wildman–Crippen MR) is 98.3 cm³/mol. The fraction of sp³-hybridized carbons (Fsp3) is 0.632. The van der Waals surface area contributed by atoms with Crippen LogP contribution in [0.3, 0.4) is 0 Å². The maximum atomic E-state index is 12.4. The van der Waals surface area contributed by atoms with Crippen LogP contribution in [0.5, 0.6) is 5.75 Å².